The lowest BCUT2D eigenvalue weighted by Crippen LogP contribution is -2.25. The van der Waals surface area contributed by atoms with Crippen molar-refractivity contribution in [1.29, 1.82) is 0 Å². The summed E-state index contributed by atoms with van der Waals surface area (Å²) >= 11 is 1.62. The molecule has 1 aromatic carbocycles. The molecule has 7 nitrogen and oxygen atoms in total. The van der Waals surface area contributed by atoms with Gasteiger partial charge in [0.1, 0.15) is 4.83 Å². The highest BCUT2D eigenvalue weighted by Gasteiger charge is 2.19. The van der Waals surface area contributed by atoms with E-state index in [4.69, 9.17) is 4.52 Å². The minimum Gasteiger partial charge on any atom is -0.339 e. The van der Waals surface area contributed by atoms with Gasteiger partial charge in [0.25, 0.3) is 5.56 Å². The number of nitrogens with one attached hydrogen (secondary N) is 1. The largest absolute Gasteiger partial charge is 0.339 e. The summed E-state index contributed by atoms with van der Waals surface area (Å²) in [5, 5.41) is 8.07. The van der Waals surface area contributed by atoms with Gasteiger partial charge in [-0.3, -0.25) is 9.36 Å². The molecule has 0 spiro atoms. The third-order valence-electron chi connectivity index (χ3n) is 4.79. The average Bonchev–Trinajstić information content (AvgIpc) is 3.28. The molecule has 0 radical (unpaired) electrons. The highest BCUT2D eigenvalue weighted by atomic mass is 32.1. The minimum absolute atomic E-state index is 0.0391. The zero-order valence-electron chi connectivity index (χ0n) is 14.7. The van der Waals surface area contributed by atoms with E-state index in [1.807, 2.05) is 24.3 Å². The molecule has 0 bridgehead atoms. The van der Waals surface area contributed by atoms with Crippen molar-refractivity contribution in [3.8, 4) is 11.4 Å². The van der Waals surface area contributed by atoms with Crippen molar-refractivity contribution in [1.82, 2.24) is 25.0 Å². The highest BCUT2D eigenvalue weighted by molar-refractivity contribution is 7.18. The Bertz CT molecular complexity index is 1190. The monoisotopic (exact) mass is 379 g/mol. The summed E-state index contributed by atoms with van der Waals surface area (Å²) in [7, 11) is 0. The molecule has 27 heavy (non-hydrogen) atoms. The van der Waals surface area contributed by atoms with Crippen molar-refractivity contribution in [2.75, 3.05) is 6.54 Å². The molecule has 3 aromatic heterocycles. The van der Waals surface area contributed by atoms with Crippen LogP contribution in [0, 0.1) is 6.92 Å². The van der Waals surface area contributed by atoms with Crippen LogP contribution in [0.3, 0.4) is 0 Å². The van der Waals surface area contributed by atoms with Gasteiger partial charge in [0.15, 0.2) is 0 Å². The van der Waals surface area contributed by atoms with E-state index in [-0.39, 0.29) is 5.56 Å². The van der Waals surface area contributed by atoms with E-state index in [9.17, 15) is 4.79 Å². The van der Waals surface area contributed by atoms with Crippen LogP contribution >= 0.6 is 11.3 Å². The van der Waals surface area contributed by atoms with E-state index in [1.54, 1.807) is 29.2 Å². The van der Waals surface area contributed by atoms with Gasteiger partial charge in [-0.1, -0.05) is 29.4 Å². The first kappa shape index (κ1) is 16.3. The Balaban J connectivity index is 1.47. The maximum Gasteiger partial charge on any atom is 0.262 e. The summed E-state index contributed by atoms with van der Waals surface area (Å²) in [6.45, 7) is 3.98. The maximum atomic E-state index is 13.0. The first-order valence-corrected chi connectivity index (χ1v) is 9.61. The summed E-state index contributed by atoms with van der Waals surface area (Å²) in [4.78, 5) is 23.9. The molecule has 0 amide bonds. The lowest BCUT2D eigenvalue weighted by Gasteiger charge is -2.12. The molecular formula is C19H17N5O2S. The number of aromatic nitrogens is 4. The van der Waals surface area contributed by atoms with Crippen molar-refractivity contribution < 1.29 is 4.52 Å². The lowest BCUT2D eigenvalue weighted by atomic mass is 10.1. The van der Waals surface area contributed by atoms with Crippen LogP contribution in [0.2, 0.25) is 0 Å². The van der Waals surface area contributed by atoms with Crippen LogP contribution in [0.25, 0.3) is 21.6 Å². The fraction of sp³-hybridized carbons (Fsp3) is 0.263. The van der Waals surface area contributed by atoms with Gasteiger partial charge in [-0.15, -0.1) is 11.3 Å². The van der Waals surface area contributed by atoms with Crippen molar-refractivity contribution >= 4 is 21.6 Å². The molecule has 0 fully saturated rings. The van der Waals surface area contributed by atoms with Gasteiger partial charge in [0, 0.05) is 23.9 Å². The molecule has 1 aliphatic rings. The Morgan fingerprint density at radius 2 is 2.15 bits per heavy atom. The Labute approximate surface area is 158 Å². The third-order valence-corrected chi connectivity index (χ3v) is 5.93. The van der Waals surface area contributed by atoms with E-state index in [1.165, 1.54) is 10.4 Å². The van der Waals surface area contributed by atoms with Crippen LogP contribution < -0.4 is 10.9 Å². The number of thiophene rings is 1. The Morgan fingerprint density at radius 3 is 2.93 bits per heavy atom. The molecule has 8 heteroatoms. The van der Waals surface area contributed by atoms with Crippen LogP contribution in [0.1, 0.15) is 21.9 Å². The zero-order chi connectivity index (χ0) is 18.4. The van der Waals surface area contributed by atoms with E-state index in [2.05, 4.69) is 20.4 Å². The van der Waals surface area contributed by atoms with E-state index < -0.39 is 0 Å². The molecule has 136 valence electrons. The number of fused-ring (bicyclic) bond motifs is 3. The predicted molar refractivity (Wildman–Crippen MR) is 103 cm³/mol. The van der Waals surface area contributed by atoms with E-state index >= 15 is 0 Å². The van der Waals surface area contributed by atoms with Gasteiger partial charge in [-0.25, -0.2) is 4.98 Å². The summed E-state index contributed by atoms with van der Waals surface area (Å²) in [6.07, 6.45) is 2.53. The summed E-state index contributed by atoms with van der Waals surface area (Å²) in [5.74, 6) is 1.10. The third kappa shape index (κ3) is 2.87. The van der Waals surface area contributed by atoms with Crippen LogP contribution in [0.5, 0.6) is 0 Å². The number of hydrogen-bond donors (Lipinski definition) is 1. The van der Waals surface area contributed by atoms with Crippen molar-refractivity contribution in [2.24, 2.45) is 0 Å². The Hall–Kier alpha value is -2.84. The standard InChI is InChI=1S/C19H17N5O2S/c1-11-22-17(23-26-11)13-4-2-12(3-5-13)9-24-10-21-18-16(19(24)25)14-6-7-20-8-15(14)27-18/h2-5,10,20H,6-9H2,1H3. The molecule has 4 heterocycles. The molecule has 1 aliphatic heterocycles. The maximum absolute atomic E-state index is 13.0. The predicted octanol–water partition coefficient (Wildman–Crippen LogP) is 2.51. The fourth-order valence-electron chi connectivity index (χ4n) is 3.44. The number of nitrogens with zero attached hydrogens (tertiary/aromatic N) is 4. The van der Waals surface area contributed by atoms with Gasteiger partial charge in [0.2, 0.25) is 11.7 Å². The van der Waals surface area contributed by atoms with Gasteiger partial charge >= 0.3 is 0 Å². The normalized spacial score (nSPS) is 13.8. The summed E-state index contributed by atoms with van der Waals surface area (Å²) in [5.41, 5.74) is 3.12. The Morgan fingerprint density at radius 1 is 1.30 bits per heavy atom. The SMILES string of the molecule is Cc1nc(-c2ccc(Cn3cnc4sc5c(c4c3=O)CCNC5)cc2)no1. The zero-order valence-corrected chi connectivity index (χ0v) is 15.5. The second kappa shape index (κ2) is 6.40. The first-order chi connectivity index (χ1) is 13.2. The molecule has 4 aromatic rings. The molecule has 5 rings (SSSR count). The van der Waals surface area contributed by atoms with Crippen LogP contribution in [-0.2, 0) is 19.5 Å². The minimum atomic E-state index is 0.0391. The number of aryl methyl sites for hydroxylation is 1. The van der Waals surface area contributed by atoms with Crippen LogP contribution in [0.15, 0.2) is 39.9 Å². The highest BCUT2D eigenvalue weighted by Crippen LogP contribution is 2.29. The van der Waals surface area contributed by atoms with Crippen molar-refractivity contribution in [3.05, 3.63) is 62.8 Å². The van der Waals surface area contributed by atoms with Crippen molar-refractivity contribution in [3.63, 3.8) is 0 Å². The second-order valence-electron chi connectivity index (χ2n) is 6.62. The second-order valence-corrected chi connectivity index (χ2v) is 7.71. The molecular weight excluding hydrogens is 362 g/mol. The summed E-state index contributed by atoms with van der Waals surface area (Å²) < 4.78 is 6.71. The Kier molecular flexibility index (Phi) is 3.87. The summed E-state index contributed by atoms with van der Waals surface area (Å²) in [6, 6.07) is 7.83. The number of hydrogen-bond acceptors (Lipinski definition) is 7. The lowest BCUT2D eigenvalue weighted by molar-refractivity contribution is 0.394. The molecule has 0 saturated heterocycles. The van der Waals surface area contributed by atoms with Gasteiger partial charge in [-0.2, -0.15) is 4.98 Å². The molecule has 1 N–H and O–H groups in total. The quantitative estimate of drug-likeness (QED) is 0.589. The van der Waals surface area contributed by atoms with Gasteiger partial charge in [0.05, 0.1) is 18.3 Å². The molecule has 0 unspecified atom stereocenters. The van der Waals surface area contributed by atoms with E-state index in [0.717, 1.165) is 40.9 Å². The molecule has 0 aliphatic carbocycles. The van der Waals surface area contributed by atoms with Crippen LogP contribution in [0.4, 0.5) is 0 Å². The fourth-order valence-corrected chi connectivity index (χ4v) is 4.58. The van der Waals surface area contributed by atoms with Gasteiger partial charge in [-0.05, 0) is 24.1 Å². The number of benzene rings is 1. The topological polar surface area (TPSA) is 85.8 Å². The first-order valence-electron chi connectivity index (χ1n) is 8.79. The molecule has 0 atom stereocenters. The average molecular weight is 379 g/mol. The smallest absolute Gasteiger partial charge is 0.262 e. The number of rotatable bonds is 3. The van der Waals surface area contributed by atoms with Crippen molar-refractivity contribution in [2.45, 2.75) is 26.4 Å². The molecule has 0 saturated carbocycles. The van der Waals surface area contributed by atoms with Gasteiger partial charge < -0.3 is 9.84 Å². The van der Waals surface area contributed by atoms with Crippen LogP contribution in [-0.4, -0.2) is 26.2 Å². The van der Waals surface area contributed by atoms with E-state index in [0.29, 0.717) is 18.3 Å².